The van der Waals surface area contributed by atoms with Gasteiger partial charge >= 0.3 is 0 Å². The van der Waals surface area contributed by atoms with Crippen LogP contribution in [0.3, 0.4) is 0 Å². The van der Waals surface area contributed by atoms with Crippen molar-refractivity contribution in [1.29, 1.82) is 0 Å². The lowest BCUT2D eigenvalue weighted by atomic mass is 9.76. The molecule has 5 heteroatoms. The highest BCUT2D eigenvalue weighted by atomic mass is 31.2. The van der Waals surface area contributed by atoms with Crippen molar-refractivity contribution in [2.45, 2.75) is 168 Å². The van der Waals surface area contributed by atoms with E-state index < -0.39 is 8.38 Å². The molecule has 2 aromatic rings. The minimum Gasteiger partial charge on any atom is -0.438 e. The summed E-state index contributed by atoms with van der Waals surface area (Å²) in [6.45, 7) is 36.9. The van der Waals surface area contributed by atoms with E-state index in [4.69, 9.17) is 13.9 Å². The summed E-state index contributed by atoms with van der Waals surface area (Å²) >= 11 is 0. The van der Waals surface area contributed by atoms with Gasteiger partial charge in [-0.15, -0.1) is 0 Å². The first-order valence-corrected chi connectivity index (χ1v) is 17.9. The van der Waals surface area contributed by atoms with Crippen LogP contribution in [0, 0.1) is 0 Å². The first-order chi connectivity index (χ1) is 19.8. The van der Waals surface area contributed by atoms with Crippen molar-refractivity contribution in [1.82, 2.24) is 5.06 Å². The number of hydrogen-bond donors (Lipinski definition) is 0. The van der Waals surface area contributed by atoms with Gasteiger partial charge in [0.05, 0.1) is 12.8 Å². The quantitative estimate of drug-likeness (QED) is 0.311. The molecule has 0 bridgehead atoms. The number of piperidine rings is 1. The SMILES string of the molecule is CON1C(C)(C)CC(P2Oc3c(cc(C(C)(C)C)cc3C(C)(C)C)Cc3cc(C(C)(C)C)cc(C(C)(C)C)c3O2)CC1(C)C. The highest BCUT2D eigenvalue weighted by Gasteiger charge is 2.51. The maximum Gasteiger partial charge on any atom is 0.293 e. The lowest BCUT2D eigenvalue weighted by Gasteiger charge is -2.53. The van der Waals surface area contributed by atoms with E-state index in [1.807, 2.05) is 0 Å². The van der Waals surface area contributed by atoms with E-state index in [1.165, 1.54) is 33.4 Å². The van der Waals surface area contributed by atoms with Crippen molar-refractivity contribution in [3.63, 3.8) is 0 Å². The average Bonchev–Trinajstić information content (AvgIpc) is 2.79. The number of hydrogen-bond acceptors (Lipinski definition) is 4. The van der Waals surface area contributed by atoms with Crippen LogP contribution in [0.4, 0.5) is 0 Å². The Morgan fingerprint density at radius 2 is 1.00 bits per heavy atom. The van der Waals surface area contributed by atoms with Gasteiger partial charge < -0.3 is 13.9 Å². The molecule has 0 atom stereocenters. The summed E-state index contributed by atoms with van der Waals surface area (Å²) < 4.78 is 14.7. The minimum absolute atomic E-state index is 0.0202. The fraction of sp³-hybridized carbons (Fsp3) is 0.692. The van der Waals surface area contributed by atoms with E-state index in [1.54, 1.807) is 7.11 Å². The van der Waals surface area contributed by atoms with Crippen molar-refractivity contribution < 1.29 is 13.9 Å². The lowest BCUT2D eigenvalue weighted by molar-refractivity contribution is -0.263. The van der Waals surface area contributed by atoms with Crippen molar-refractivity contribution in [2.24, 2.45) is 0 Å². The summed E-state index contributed by atoms with van der Waals surface area (Å²) in [7, 11) is 0.469. The molecule has 0 amide bonds. The Balaban J connectivity index is 2.05. The molecule has 246 valence electrons. The zero-order chi connectivity index (χ0) is 33.4. The van der Waals surface area contributed by atoms with Gasteiger partial charge in [0, 0.05) is 28.6 Å². The monoisotopic (exact) mass is 623 g/mol. The Morgan fingerprint density at radius 3 is 1.30 bits per heavy atom. The van der Waals surface area contributed by atoms with Crippen LogP contribution in [0.25, 0.3) is 0 Å². The van der Waals surface area contributed by atoms with Crippen molar-refractivity contribution in [3.8, 4) is 11.5 Å². The highest BCUT2D eigenvalue weighted by molar-refractivity contribution is 7.49. The largest absolute Gasteiger partial charge is 0.438 e. The Labute approximate surface area is 271 Å². The van der Waals surface area contributed by atoms with Crippen LogP contribution in [0.1, 0.15) is 157 Å². The first kappa shape index (κ1) is 35.2. The van der Waals surface area contributed by atoms with Crippen LogP contribution in [-0.4, -0.2) is 28.9 Å². The number of hydroxylamine groups is 2. The van der Waals surface area contributed by atoms with Crippen molar-refractivity contribution in [3.05, 3.63) is 57.6 Å². The molecule has 0 unspecified atom stereocenters. The molecule has 4 rings (SSSR count). The van der Waals surface area contributed by atoms with E-state index in [0.717, 1.165) is 30.8 Å². The van der Waals surface area contributed by atoms with E-state index in [-0.39, 0.29) is 38.4 Å². The molecule has 0 N–H and O–H groups in total. The van der Waals surface area contributed by atoms with Gasteiger partial charge in [-0.3, -0.25) is 0 Å². The van der Waals surface area contributed by atoms with Gasteiger partial charge in [-0.2, -0.15) is 5.06 Å². The normalized spacial score (nSPS) is 20.2. The number of nitrogens with zero attached hydrogens (tertiary/aromatic N) is 1. The molecule has 0 aliphatic carbocycles. The molecule has 2 aliphatic heterocycles. The Kier molecular flexibility index (Phi) is 9.03. The molecule has 2 aliphatic rings. The summed E-state index contributed by atoms with van der Waals surface area (Å²) in [6.07, 6.45) is 2.64. The van der Waals surface area contributed by atoms with Crippen LogP contribution in [-0.2, 0) is 32.9 Å². The van der Waals surface area contributed by atoms with Crippen LogP contribution in [0.15, 0.2) is 24.3 Å². The second-order valence-electron chi connectivity index (χ2n) is 18.8. The van der Waals surface area contributed by atoms with Crippen LogP contribution >= 0.6 is 8.38 Å². The fourth-order valence-corrected chi connectivity index (χ4v) is 9.56. The summed E-state index contributed by atoms with van der Waals surface area (Å²) in [6, 6.07) is 9.66. The van der Waals surface area contributed by atoms with Crippen LogP contribution < -0.4 is 9.05 Å². The third-order valence-corrected chi connectivity index (χ3v) is 11.2. The summed E-state index contributed by atoms with van der Waals surface area (Å²) in [5.41, 5.74) is 7.57. The van der Waals surface area contributed by atoms with Gasteiger partial charge in [-0.25, -0.2) is 0 Å². The second kappa shape index (κ2) is 11.3. The van der Waals surface area contributed by atoms with Crippen LogP contribution in [0.5, 0.6) is 11.5 Å². The van der Waals surface area contributed by atoms with E-state index in [0.29, 0.717) is 0 Å². The molecule has 1 saturated heterocycles. The molecule has 0 radical (unpaired) electrons. The third-order valence-electron chi connectivity index (χ3n) is 9.47. The molecule has 0 aromatic heterocycles. The standard InChI is InChI=1S/C39H62NO3P/c1-34(2,3)27-19-25-18-26-20-28(35(4,5)6)22-31(37(10,11)12)33(26)43-44(42-32(25)30(21-27)36(7,8)9)29-23-38(13,14)40(41-17)39(15,16)24-29/h19-22,29H,18,23-24H2,1-17H3. The third kappa shape index (κ3) is 7.03. The van der Waals surface area contributed by atoms with Crippen LogP contribution in [0.2, 0.25) is 0 Å². The molecule has 2 aromatic carbocycles. The van der Waals surface area contributed by atoms with Gasteiger partial charge in [0.1, 0.15) is 11.5 Å². The maximum absolute atomic E-state index is 7.36. The first-order valence-electron chi connectivity index (χ1n) is 16.6. The van der Waals surface area contributed by atoms with E-state index in [2.05, 4.69) is 140 Å². The second-order valence-corrected chi connectivity index (χ2v) is 20.5. The average molecular weight is 624 g/mol. The molecule has 4 nitrogen and oxygen atoms in total. The van der Waals surface area contributed by atoms with E-state index >= 15 is 0 Å². The summed E-state index contributed by atoms with van der Waals surface area (Å²) in [5.74, 6) is 2.07. The Morgan fingerprint density at radius 1 is 0.636 bits per heavy atom. The van der Waals surface area contributed by atoms with Gasteiger partial charge in [0.25, 0.3) is 8.38 Å². The molecule has 0 saturated carbocycles. The maximum atomic E-state index is 7.36. The topological polar surface area (TPSA) is 30.9 Å². The van der Waals surface area contributed by atoms with Crippen molar-refractivity contribution in [2.75, 3.05) is 7.11 Å². The Hall–Kier alpha value is -1.61. The Bertz CT molecular complexity index is 1280. The van der Waals surface area contributed by atoms with Gasteiger partial charge in [-0.05, 0) is 84.5 Å². The number of fused-ring (bicyclic) bond motifs is 2. The summed E-state index contributed by atoms with van der Waals surface area (Å²) in [4.78, 5) is 5.99. The van der Waals surface area contributed by atoms with Gasteiger partial charge in [0.2, 0.25) is 0 Å². The highest BCUT2D eigenvalue weighted by Crippen LogP contribution is 2.59. The van der Waals surface area contributed by atoms with Gasteiger partial charge in [0.15, 0.2) is 0 Å². The molecule has 44 heavy (non-hydrogen) atoms. The smallest absolute Gasteiger partial charge is 0.293 e. The molecule has 0 spiro atoms. The minimum atomic E-state index is -1.33. The lowest BCUT2D eigenvalue weighted by Crippen LogP contribution is -2.61. The molecule has 1 fully saturated rings. The van der Waals surface area contributed by atoms with Gasteiger partial charge in [-0.1, -0.05) is 107 Å². The molecule has 2 heterocycles. The number of rotatable bonds is 2. The molecular weight excluding hydrogens is 561 g/mol. The zero-order valence-electron chi connectivity index (χ0n) is 31.1. The molecular formula is C39H62NO3P. The zero-order valence-corrected chi connectivity index (χ0v) is 32.0. The fourth-order valence-electron chi connectivity index (χ4n) is 7.24. The van der Waals surface area contributed by atoms with E-state index in [9.17, 15) is 0 Å². The predicted molar refractivity (Wildman–Crippen MR) is 189 cm³/mol. The summed E-state index contributed by atoms with van der Waals surface area (Å²) in [5, 5.41) is 2.18. The number of benzene rings is 2. The predicted octanol–water partition coefficient (Wildman–Crippen LogP) is 11.1. The van der Waals surface area contributed by atoms with Crippen molar-refractivity contribution >= 4 is 8.38 Å².